The molecule has 0 spiro atoms. The van der Waals surface area contributed by atoms with E-state index < -0.39 is 0 Å². The lowest BCUT2D eigenvalue weighted by molar-refractivity contribution is 1.00. The Morgan fingerprint density at radius 2 is 2.04 bits per heavy atom. The van der Waals surface area contributed by atoms with E-state index in [1.54, 1.807) is 33.6 Å². The lowest BCUT2D eigenvalue weighted by atomic mass is 10.3. The van der Waals surface area contributed by atoms with Crippen LogP contribution in [0.5, 0.6) is 0 Å². The van der Waals surface area contributed by atoms with E-state index in [1.165, 1.54) is 4.70 Å². The fourth-order valence-corrected chi connectivity index (χ4v) is 4.34. The molecule has 0 saturated heterocycles. The van der Waals surface area contributed by atoms with E-state index in [0.29, 0.717) is 11.4 Å². The van der Waals surface area contributed by atoms with Crippen molar-refractivity contribution in [2.75, 3.05) is 0 Å². The number of pyridine rings is 1. The summed E-state index contributed by atoms with van der Waals surface area (Å²) in [5, 5.41) is 0. The second-order valence-corrected chi connectivity index (χ2v) is 7.51. The van der Waals surface area contributed by atoms with Gasteiger partial charge in [0.25, 0.3) is 5.56 Å². The molecule has 4 rings (SSSR count). The van der Waals surface area contributed by atoms with E-state index in [-0.39, 0.29) is 5.56 Å². The SMILES string of the molecule is Cc1ccc2nc(CSc3nc4ccccc4s3)cc(=O)n2c1. The van der Waals surface area contributed by atoms with Gasteiger partial charge in [-0.25, -0.2) is 9.97 Å². The highest BCUT2D eigenvalue weighted by molar-refractivity contribution is 8.00. The predicted octanol–water partition coefficient (Wildman–Crippen LogP) is 3.90. The van der Waals surface area contributed by atoms with Crippen molar-refractivity contribution in [2.45, 2.75) is 17.0 Å². The lowest BCUT2D eigenvalue weighted by Gasteiger charge is -2.04. The first kappa shape index (κ1) is 14.4. The highest BCUT2D eigenvalue weighted by Crippen LogP contribution is 2.30. The number of benzene rings is 1. The molecule has 6 heteroatoms. The fourth-order valence-electron chi connectivity index (χ4n) is 2.38. The summed E-state index contributed by atoms with van der Waals surface area (Å²) in [4.78, 5) is 21.4. The summed E-state index contributed by atoms with van der Waals surface area (Å²) in [6, 6.07) is 13.5. The van der Waals surface area contributed by atoms with Gasteiger partial charge >= 0.3 is 0 Å². The third-order valence-electron chi connectivity index (χ3n) is 3.48. The summed E-state index contributed by atoms with van der Waals surface area (Å²) < 4.78 is 3.76. The Kier molecular flexibility index (Phi) is 3.63. The van der Waals surface area contributed by atoms with Gasteiger partial charge in [-0.05, 0) is 30.7 Å². The summed E-state index contributed by atoms with van der Waals surface area (Å²) >= 11 is 3.28. The number of aryl methyl sites for hydroxylation is 1. The Labute approximate surface area is 140 Å². The first-order valence-corrected chi connectivity index (χ1v) is 8.96. The summed E-state index contributed by atoms with van der Waals surface area (Å²) in [6.45, 7) is 1.96. The average Bonchev–Trinajstić information content (AvgIpc) is 2.96. The number of hydrogen-bond donors (Lipinski definition) is 0. The molecule has 0 amide bonds. The van der Waals surface area contributed by atoms with Crippen molar-refractivity contribution >= 4 is 39.0 Å². The highest BCUT2D eigenvalue weighted by atomic mass is 32.2. The van der Waals surface area contributed by atoms with Crippen LogP contribution in [0, 0.1) is 6.92 Å². The summed E-state index contributed by atoms with van der Waals surface area (Å²) in [5.41, 5.74) is 3.48. The molecule has 0 radical (unpaired) electrons. The van der Waals surface area contributed by atoms with Crippen molar-refractivity contribution in [1.29, 1.82) is 0 Å². The summed E-state index contributed by atoms with van der Waals surface area (Å²) in [6.07, 6.45) is 1.81. The van der Waals surface area contributed by atoms with Crippen LogP contribution in [0.25, 0.3) is 15.9 Å². The average molecular weight is 339 g/mol. The van der Waals surface area contributed by atoms with Crippen molar-refractivity contribution in [1.82, 2.24) is 14.4 Å². The Morgan fingerprint density at radius 3 is 2.91 bits per heavy atom. The molecule has 23 heavy (non-hydrogen) atoms. The third kappa shape index (κ3) is 2.87. The topological polar surface area (TPSA) is 47.3 Å². The van der Waals surface area contributed by atoms with Gasteiger partial charge in [-0.1, -0.05) is 30.0 Å². The molecule has 4 nitrogen and oxygen atoms in total. The first-order chi connectivity index (χ1) is 11.2. The van der Waals surface area contributed by atoms with Gasteiger partial charge in [0.1, 0.15) is 5.65 Å². The van der Waals surface area contributed by atoms with Crippen molar-refractivity contribution < 1.29 is 0 Å². The van der Waals surface area contributed by atoms with E-state index >= 15 is 0 Å². The van der Waals surface area contributed by atoms with E-state index in [1.807, 2.05) is 43.5 Å². The van der Waals surface area contributed by atoms with E-state index in [9.17, 15) is 4.79 Å². The Balaban J connectivity index is 1.62. The number of aromatic nitrogens is 3. The molecular formula is C17H13N3OS2. The molecule has 114 valence electrons. The second kappa shape index (κ2) is 5.79. The largest absolute Gasteiger partial charge is 0.269 e. The van der Waals surface area contributed by atoms with Crippen LogP contribution in [0.3, 0.4) is 0 Å². The summed E-state index contributed by atoms with van der Waals surface area (Å²) in [5.74, 6) is 0.638. The van der Waals surface area contributed by atoms with Crippen molar-refractivity contribution in [3.63, 3.8) is 0 Å². The van der Waals surface area contributed by atoms with Gasteiger partial charge in [-0.15, -0.1) is 11.3 Å². The quantitative estimate of drug-likeness (QED) is 0.531. The highest BCUT2D eigenvalue weighted by Gasteiger charge is 2.07. The van der Waals surface area contributed by atoms with Crippen molar-refractivity contribution in [2.24, 2.45) is 0 Å². The van der Waals surface area contributed by atoms with Gasteiger partial charge < -0.3 is 0 Å². The minimum absolute atomic E-state index is 0.0430. The smallest absolute Gasteiger partial charge is 0.258 e. The minimum atomic E-state index is -0.0430. The van der Waals surface area contributed by atoms with Gasteiger partial charge in [-0.3, -0.25) is 9.20 Å². The van der Waals surface area contributed by atoms with Gasteiger partial charge in [0.05, 0.1) is 15.9 Å². The van der Waals surface area contributed by atoms with Gasteiger partial charge in [0.2, 0.25) is 0 Å². The Bertz CT molecular complexity index is 1040. The number of hydrogen-bond acceptors (Lipinski definition) is 5. The molecule has 0 fully saturated rings. The van der Waals surface area contributed by atoms with Crippen LogP contribution in [0.4, 0.5) is 0 Å². The molecule has 0 saturated carbocycles. The van der Waals surface area contributed by atoms with Crippen LogP contribution in [0.15, 0.2) is 57.8 Å². The molecule has 3 heterocycles. The van der Waals surface area contributed by atoms with Crippen LogP contribution in [0.2, 0.25) is 0 Å². The van der Waals surface area contributed by atoms with E-state index in [0.717, 1.165) is 21.1 Å². The molecular weight excluding hydrogens is 326 g/mol. The van der Waals surface area contributed by atoms with Gasteiger partial charge in [-0.2, -0.15) is 0 Å². The van der Waals surface area contributed by atoms with E-state index in [4.69, 9.17) is 0 Å². The molecule has 0 aliphatic rings. The number of rotatable bonds is 3. The molecule has 0 bridgehead atoms. The zero-order valence-electron chi connectivity index (χ0n) is 12.4. The normalized spacial score (nSPS) is 11.3. The maximum Gasteiger partial charge on any atom is 0.258 e. The standard InChI is InChI=1S/C17H13N3OS2/c1-11-6-7-15-18-12(8-16(21)20(15)9-11)10-22-17-19-13-4-2-3-5-14(13)23-17/h2-9H,10H2,1H3. The van der Waals surface area contributed by atoms with Crippen molar-refractivity contribution in [3.05, 3.63) is 70.3 Å². The van der Waals surface area contributed by atoms with Crippen LogP contribution >= 0.6 is 23.1 Å². The molecule has 0 N–H and O–H groups in total. The number of para-hydroxylation sites is 1. The second-order valence-electron chi connectivity index (χ2n) is 5.26. The summed E-state index contributed by atoms with van der Waals surface area (Å²) in [7, 11) is 0. The molecule has 0 unspecified atom stereocenters. The number of thioether (sulfide) groups is 1. The maximum absolute atomic E-state index is 12.2. The molecule has 0 aliphatic heterocycles. The van der Waals surface area contributed by atoms with Crippen molar-refractivity contribution in [3.8, 4) is 0 Å². The van der Waals surface area contributed by atoms with E-state index in [2.05, 4.69) is 16.0 Å². The van der Waals surface area contributed by atoms with Crippen LogP contribution in [-0.4, -0.2) is 14.4 Å². The number of nitrogens with zero attached hydrogens (tertiary/aromatic N) is 3. The molecule has 4 aromatic rings. The first-order valence-electron chi connectivity index (χ1n) is 7.16. The molecule has 1 aromatic carbocycles. The van der Waals surface area contributed by atoms with Crippen LogP contribution in [0.1, 0.15) is 11.3 Å². The third-order valence-corrected chi connectivity index (χ3v) is 5.69. The van der Waals surface area contributed by atoms with Crippen LogP contribution < -0.4 is 5.56 Å². The van der Waals surface area contributed by atoms with Gasteiger partial charge in [0.15, 0.2) is 4.34 Å². The van der Waals surface area contributed by atoms with Gasteiger partial charge in [0, 0.05) is 18.0 Å². The maximum atomic E-state index is 12.2. The minimum Gasteiger partial charge on any atom is -0.269 e. The number of fused-ring (bicyclic) bond motifs is 2. The molecule has 0 atom stereocenters. The fraction of sp³-hybridized carbons (Fsp3) is 0.118. The zero-order valence-corrected chi connectivity index (χ0v) is 14.0. The predicted molar refractivity (Wildman–Crippen MR) is 95.4 cm³/mol. The number of thiazole rings is 1. The zero-order chi connectivity index (χ0) is 15.8. The lowest BCUT2D eigenvalue weighted by Crippen LogP contribution is -2.15. The Morgan fingerprint density at radius 1 is 1.17 bits per heavy atom. The molecule has 0 aliphatic carbocycles. The monoisotopic (exact) mass is 339 g/mol. The van der Waals surface area contributed by atoms with Crippen LogP contribution in [-0.2, 0) is 5.75 Å². The molecule has 3 aromatic heterocycles. The Hall–Kier alpha value is -2.18.